The Kier molecular flexibility index (Phi) is 7.32. The fraction of sp³-hybridized carbons (Fsp3) is 0.400. The molecule has 0 unspecified atom stereocenters. The second-order valence-electron chi connectivity index (χ2n) is 8.82. The zero-order chi connectivity index (χ0) is 24.1. The van der Waals surface area contributed by atoms with Gasteiger partial charge in [-0.05, 0) is 70.0 Å². The van der Waals surface area contributed by atoms with Gasteiger partial charge < -0.3 is 15.2 Å². The van der Waals surface area contributed by atoms with Gasteiger partial charge in [-0.1, -0.05) is 28.9 Å². The summed E-state index contributed by atoms with van der Waals surface area (Å²) in [6.07, 6.45) is 3.34. The first kappa shape index (κ1) is 23.6. The number of nitrogens with zero attached hydrogens (tertiary/aromatic N) is 4. The van der Waals surface area contributed by atoms with E-state index in [4.69, 9.17) is 4.52 Å². The Morgan fingerprint density at radius 2 is 1.82 bits per heavy atom. The molecule has 0 saturated carbocycles. The summed E-state index contributed by atoms with van der Waals surface area (Å²) in [6, 6.07) is 9.63. The summed E-state index contributed by atoms with van der Waals surface area (Å²) in [5.41, 5.74) is 4.65. The van der Waals surface area contributed by atoms with Gasteiger partial charge in [-0.15, -0.1) is 0 Å². The topological polar surface area (TPSA) is 113 Å². The number of carbonyl (C=O) groups excluding carboxylic acids is 2. The molecule has 0 atom stereocenters. The number of carbonyl (C=O) groups is 2. The molecule has 1 aliphatic rings. The number of likely N-dealkylation sites (tertiary alicyclic amines) is 1. The van der Waals surface area contributed by atoms with E-state index in [9.17, 15) is 9.59 Å². The van der Waals surface area contributed by atoms with Crippen molar-refractivity contribution in [1.82, 2.24) is 25.3 Å². The number of benzene rings is 1. The molecule has 2 aromatic heterocycles. The number of aromatic nitrogens is 3. The van der Waals surface area contributed by atoms with Gasteiger partial charge in [0.2, 0.25) is 23.5 Å². The van der Waals surface area contributed by atoms with Gasteiger partial charge in [0.25, 0.3) is 0 Å². The number of pyridine rings is 1. The maximum Gasteiger partial charge on any atom is 0.243 e. The quantitative estimate of drug-likeness (QED) is 0.555. The van der Waals surface area contributed by atoms with Gasteiger partial charge in [-0.25, -0.2) is 0 Å². The van der Waals surface area contributed by atoms with Crippen LogP contribution in [0.25, 0.3) is 11.5 Å². The summed E-state index contributed by atoms with van der Waals surface area (Å²) in [4.78, 5) is 35.5. The summed E-state index contributed by atoms with van der Waals surface area (Å²) in [6.45, 7) is 7.64. The third-order valence-corrected chi connectivity index (χ3v) is 6.03. The van der Waals surface area contributed by atoms with Crippen LogP contribution in [0.2, 0.25) is 0 Å². The second-order valence-corrected chi connectivity index (χ2v) is 8.82. The minimum atomic E-state index is -0.234. The molecule has 1 saturated heterocycles. The fourth-order valence-corrected chi connectivity index (χ4v) is 4.34. The fourth-order valence-electron chi connectivity index (χ4n) is 4.34. The molecule has 34 heavy (non-hydrogen) atoms. The Hall–Kier alpha value is -3.59. The number of hydrogen-bond acceptors (Lipinski definition) is 7. The molecular weight excluding hydrogens is 432 g/mol. The minimum absolute atomic E-state index is 0.0552. The number of piperidine rings is 1. The molecule has 0 spiro atoms. The van der Waals surface area contributed by atoms with Crippen molar-refractivity contribution in [3.05, 3.63) is 59.1 Å². The molecule has 9 heteroatoms. The number of aryl methyl sites for hydroxylation is 3. The molecule has 3 aromatic rings. The van der Waals surface area contributed by atoms with Crippen LogP contribution in [0.4, 0.5) is 5.69 Å². The SMILES string of the molecule is Cc1cc(C)c(NC(=O)CNC(=O)CN2CCC(c3nc(-c4ccccn4)no3)CC2)c(C)c1. The summed E-state index contributed by atoms with van der Waals surface area (Å²) in [5, 5.41) is 9.68. The van der Waals surface area contributed by atoms with Crippen LogP contribution in [0, 0.1) is 20.8 Å². The lowest BCUT2D eigenvalue weighted by atomic mass is 9.97. The van der Waals surface area contributed by atoms with E-state index in [1.165, 1.54) is 0 Å². The minimum Gasteiger partial charge on any atom is -0.346 e. The molecular formula is C25H30N6O3. The van der Waals surface area contributed by atoms with Crippen molar-refractivity contribution in [2.24, 2.45) is 0 Å². The average molecular weight is 463 g/mol. The van der Waals surface area contributed by atoms with Crippen LogP contribution in [0.1, 0.15) is 41.3 Å². The highest BCUT2D eigenvalue weighted by molar-refractivity contribution is 5.96. The maximum atomic E-state index is 12.4. The van der Waals surface area contributed by atoms with Gasteiger partial charge in [0, 0.05) is 17.8 Å². The lowest BCUT2D eigenvalue weighted by molar-refractivity contribution is -0.125. The number of anilines is 1. The van der Waals surface area contributed by atoms with E-state index in [-0.39, 0.29) is 30.8 Å². The van der Waals surface area contributed by atoms with Crippen molar-refractivity contribution >= 4 is 17.5 Å². The van der Waals surface area contributed by atoms with Gasteiger partial charge in [0.05, 0.1) is 13.1 Å². The first-order valence-corrected chi connectivity index (χ1v) is 11.5. The third kappa shape index (κ3) is 5.85. The summed E-state index contributed by atoms with van der Waals surface area (Å²) in [5.74, 6) is 0.870. The van der Waals surface area contributed by atoms with E-state index in [1.54, 1.807) is 6.20 Å². The predicted molar refractivity (Wildman–Crippen MR) is 128 cm³/mol. The van der Waals surface area contributed by atoms with Gasteiger partial charge in [-0.3, -0.25) is 19.5 Å². The maximum absolute atomic E-state index is 12.4. The molecule has 2 amide bonds. The first-order valence-electron chi connectivity index (χ1n) is 11.5. The standard InChI is InChI=1S/C25H30N6O3/c1-16-12-17(2)23(18(3)13-16)28-21(32)14-27-22(33)15-31-10-7-19(8-11-31)25-29-24(30-34-25)20-6-4-5-9-26-20/h4-6,9,12-13,19H,7-8,10-11,14-15H2,1-3H3,(H,27,33)(H,28,32). The highest BCUT2D eigenvalue weighted by Gasteiger charge is 2.26. The van der Waals surface area contributed by atoms with Crippen molar-refractivity contribution in [1.29, 1.82) is 0 Å². The van der Waals surface area contributed by atoms with Crippen molar-refractivity contribution in [2.45, 2.75) is 39.5 Å². The normalized spacial score (nSPS) is 14.7. The van der Waals surface area contributed by atoms with E-state index < -0.39 is 0 Å². The number of hydrogen-bond donors (Lipinski definition) is 2. The van der Waals surface area contributed by atoms with E-state index in [2.05, 4.69) is 30.7 Å². The summed E-state index contributed by atoms with van der Waals surface area (Å²) in [7, 11) is 0. The first-order chi connectivity index (χ1) is 16.4. The van der Waals surface area contributed by atoms with E-state index in [0.717, 1.165) is 48.3 Å². The smallest absolute Gasteiger partial charge is 0.243 e. The highest BCUT2D eigenvalue weighted by atomic mass is 16.5. The lowest BCUT2D eigenvalue weighted by Crippen LogP contribution is -2.43. The lowest BCUT2D eigenvalue weighted by Gasteiger charge is -2.29. The predicted octanol–water partition coefficient (Wildman–Crippen LogP) is 2.99. The molecule has 4 rings (SSSR count). The Labute approximate surface area is 199 Å². The van der Waals surface area contributed by atoms with Crippen LogP contribution < -0.4 is 10.6 Å². The van der Waals surface area contributed by atoms with Crippen LogP contribution in [-0.2, 0) is 9.59 Å². The van der Waals surface area contributed by atoms with Gasteiger partial charge in [0.15, 0.2) is 0 Å². The summed E-state index contributed by atoms with van der Waals surface area (Å²) >= 11 is 0. The number of rotatable bonds is 7. The Morgan fingerprint density at radius 3 is 2.50 bits per heavy atom. The Morgan fingerprint density at radius 1 is 1.09 bits per heavy atom. The molecule has 0 radical (unpaired) electrons. The molecule has 0 bridgehead atoms. The molecule has 0 aliphatic carbocycles. The van der Waals surface area contributed by atoms with Gasteiger partial charge in [0.1, 0.15) is 5.69 Å². The van der Waals surface area contributed by atoms with E-state index in [1.807, 2.05) is 51.1 Å². The molecule has 1 aromatic carbocycles. The second kappa shape index (κ2) is 10.6. The van der Waals surface area contributed by atoms with E-state index >= 15 is 0 Å². The number of amides is 2. The van der Waals surface area contributed by atoms with Crippen molar-refractivity contribution in [3.63, 3.8) is 0 Å². The molecule has 3 heterocycles. The monoisotopic (exact) mass is 462 g/mol. The van der Waals surface area contributed by atoms with E-state index in [0.29, 0.717) is 17.4 Å². The van der Waals surface area contributed by atoms with Crippen molar-refractivity contribution in [2.75, 3.05) is 31.5 Å². The zero-order valence-corrected chi connectivity index (χ0v) is 19.8. The van der Waals surface area contributed by atoms with Crippen molar-refractivity contribution < 1.29 is 14.1 Å². The zero-order valence-electron chi connectivity index (χ0n) is 19.8. The van der Waals surface area contributed by atoms with Crippen LogP contribution in [0.3, 0.4) is 0 Å². The van der Waals surface area contributed by atoms with Gasteiger partial charge in [-0.2, -0.15) is 4.98 Å². The molecule has 9 nitrogen and oxygen atoms in total. The summed E-state index contributed by atoms with van der Waals surface area (Å²) < 4.78 is 5.47. The van der Waals surface area contributed by atoms with Crippen LogP contribution in [0.5, 0.6) is 0 Å². The van der Waals surface area contributed by atoms with Crippen molar-refractivity contribution in [3.8, 4) is 11.5 Å². The average Bonchev–Trinajstić information content (AvgIpc) is 3.31. The highest BCUT2D eigenvalue weighted by Crippen LogP contribution is 2.28. The Bertz CT molecular complexity index is 1130. The van der Waals surface area contributed by atoms with Crippen LogP contribution >= 0.6 is 0 Å². The van der Waals surface area contributed by atoms with Crippen LogP contribution in [-0.4, -0.2) is 58.0 Å². The molecule has 1 fully saturated rings. The van der Waals surface area contributed by atoms with Crippen LogP contribution in [0.15, 0.2) is 41.1 Å². The Balaban J connectivity index is 1.21. The largest absolute Gasteiger partial charge is 0.346 e. The molecule has 2 N–H and O–H groups in total. The number of nitrogens with one attached hydrogen (secondary N) is 2. The third-order valence-electron chi connectivity index (χ3n) is 6.03. The molecule has 1 aliphatic heterocycles. The molecule has 178 valence electrons. The van der Waals surface area contributed by atoms with Gasteiger partial charge >= 0.3 is 0 Å².